The molecule has 1 rings (SSSR count). The van der Waals surface area contributed by atoms with Crippen LogP contribution in [0.5, 0.6) is 5.75 Å². The van der Waals surface area contributed by atoms with Gasteiger partial charge in [0.05, 0.1) is 13.2 Å². The van der Waals surface area contributed by atoms with E-state index in [1.54, 1.807) is 6.07 Å². The third-order valence-electron chi connectivity index (χ3n) is 1.71. The van der Waals surface area contributed by atoms with Gasteiger partial charge in [-0.05, 0) is 54.6 Å². The van der Waals surface area contributed by atoms with E-state index in [1.807, 2.05) is 26.0 Å². The minimum Gasteiger partial charge on any atom is -0.490 e. The maximum atomic E-state index is 11.4. The maximum absolute atomic E-state index is 11.4. The number of hydrogen-bond acceptors (Lipinski definition) is 3. The molecule has 3 nitrogen and oxygen atoms in total. The summed E-state index contributed by atoms with van der Waals surface area (Å²) in [6.45, 7) is 3.84. The molecule has 0 unspecified atom stereocenters. The van der Waals surface area contributed by atoms with Crippen LogP contribution in [0.3, 0.4) is 0 Å². The van der Waals surface area contributed by atoms with Gasteiger partial charge in [-0.25, -0.2) is 4.79 Å². The summed E-state index contributed by atoms with van der Waals surface area (Å²) in [4.78, 5) is 11.4. The van der Waals surface area contributed by atoms with Gasteiger partial charge in [0.2, 0.25) is 0 Å². The molecule has 0 aromatic heterocycles. The molecule has 0 aliphatic rings. The van der Waals surface area contributed by atoms with Gasteiger partial charge in [-0.3, -0.25) is 0 Å². The third kappa shape index (κ3) is 3.37. The van der Waals surface area contributed by atoms with Crippen molar-refractivity contribution in [2.45, 2.75) is 20.0 Å². The zero-order valence-electron chi connectivity index (χ0n) is 8.91. The largest absolute Gasteiger partial charge is 0.490 e. The van der Waals surface area contributed by atoms with Gasteiger partial charge in [-0.2, -0.15) is 0 Å². The molecule has 0 radical (unpaired) electrons. The summed E-state index contributed by atoms with van der Waals surface area (Å²) in [7, 11) is 1.36. The lowest BCUT2D eigenvalue weighted by Gasteiger charge is -2.13. The van der Waals surface area contributed by atoms with Crippen molar-refractivity contribution in [3.8, 4) is 5.75 Å². The molecule has 0 atom stereocenters. The van der Waals surface area contributed by atoms with Crippen molar-refractivity contribution in [3.05, 3.63) is 27.3 Å². The summed E-state index contributed by atoms with van der Waals surface area (Å²) in [5.74, 6) is 0.200. The van der Waals surface area contributed by atoms with Crippen molar-refractivity contribution in [3.63, 3.8) is 0 Å². The van der Waals surface area contributed by atoms with Crippen molar-refractivity contribution in [1.82, 2.24) is 0 Å². The van der Waals surface area contributed by atoms with E-state index in [9.17, 15) is 4.79 Å². The summed E-state index contributed by atoms with van der Waals surface area (Å²) in [5, 5.41) is 0. The molecule has 0 spiro atoms. The molecule has 0 bridgehead atoms. The van der Waals surface area contributed by atoms with Crippen LogP contribution in [0.1, 0.15) is 24.2 Å². The van der Waals surface area contributed by atoms with Crippen LogP contribution < -0.4 is 4.74 Å². The van der Waals surface area contributed by atoms with Crippen molar-refractivity contribution in [2.24, 2.45) is 0 Å². The second-order valence-electron chi connectivity index (χ2n) is 3.30. The van der Waals surface area contributed by atoms with E-state index < -0.39 is 0 Å². The predicted molar refractivity (Wildman–Crippen MR) is 66.3 cm³/mol. The van der Waals surface area contributed by atoms with Gasteiger partial charge < -0.3 is 9.47 Å². The average Bonchev–Trinajstić information content (AvgIpc) is 2.16. The van der Waals surface area contributed by atoms with Gasteiger partial charge in [-0.15, -0.1) is 0 Å². The summed E-state index contributed by atoms with van der Waals surface area (Å²) < 4.78 is 11.2. The smallest absolute Gasteiger partial charge is 0.341 e. The molecule has 1 aromatic rings. The number of halogens is 1. The summed E-state index contributed by atoms with van der Waals surface area (Å²) in [6, 6.07) is 5.39. The number of ether oxygens (including phenoxy) is 2. The van der Waals surface area contributed by atoms with Crippen LogP contribution in [0.25, 0.3) is 0 Å². The number of methoxy groups -OCH3 is 1. The predicted octanol–water partition coefficient (Wildman–Crippen LogP) is 2.87. The van der Waals surface area contributed by atoms with Gasteiger partial charge in [-0.1, -0.05) is 0 Å². The second-order valence-corrected chi connectivity index (χ2v) is 4.54. The van der Waals surface area contributed by atoms with Crippen LogP contribution >= 0.6 is 22.6 Å². The highest BCUT2D eigenvalue weighted by Crippen LogP contribution is 2.23. The molecule has 4 heteroatoms. The molecule has 0 aliphatic carbocycles. The first-order valence-electron chi connectivity index (χ1n) is 4.59. The van der Waals surface area contributed by atoms with Crippen LogP contribution in [0.2, 0.25) is 0 Å². The summed E-state index contributed by atoms with van der Waals surface area (Å²) in [6.07, 6.45) is 0.0339. The Bertz CT molecular complexity index is 361. The molecule has 15 heavy (non-hydrogen) atoms. The van der Waals surface area contributed by atoms with Gasteiger partial charge in [0.1, 0.15) is 11.3 Å². The molecule has 0 saturated carbocycles. The molecule has 0 aliphatic heterocycles. The lowest BCUT2D eigenvalue weighted by Crippen LogP contribution is -2.11. The lowest BCUT2D eigenvalue weighted by molar-refractivity contribution is 0.0594. The molecular weight excluding hydrogens is 307 g/mol. The molecule has 0 heterocycles. The van der Waals surface area contributed by atoms with Gasteiger partial charge >= 0.3 is 5.97 Å². The normalized spacial score (nSPS) is 10.2. The zero-order valence-corrected chi connectivity index (χ0v) is 11.1. The van der Waals surface area contributed by atoms with Crippen LogP contribution in [0.4, 0.5) is 0 Å². The van der Waals surface area contributed by atoms with E-state index in [1.165, 1.54) is 7.11 Å². The van der Waals surface area contributed by atoms with Crippen LogP contribution in [0, 0.1) is 3.57 Å². The molecule has 0 amide bonds. The standard InChI is InChI=1S/C11H13IO3/c1-7(2)15-10-6-8(12)4-5-9(10)11(13)14-3/h4-7H,1-3H3. The number of benzene rings is 1. The zero-order chi connectivity index (χ0) is 11.4. The monoisotopic (exact) mass is 320 g/mol. The van der Waals surface area contributed by atoms with Crippen LogP contribution in [0.15, 0.2) is 18.2 Å². The Balaban J connectivity index is 3.08. The van der Waals surface area contributed by atoms with E-state index >= 15 is 0 Å². The number of carbonyl (C=O) groups excluding carboxylic acids is 1. The first-order valence-corrected chi connectivity index (χ1v) is 5.67. The van der Waals surface area contributed by atoms with Crippen molar-refractivity contribution in [2.75, 3.05) is 7.11 Å². The van der Waals surface area contributed by atoms with E-state index in [4.69, 9.17) is 4.74 Å². The molecular formula is C11H13IO3. The number of esters is 1. The minimum absolute atomic E-state index is 0.0339. The molecule has 0 fully saturated rings. The Kier molecular flexibility index (Phi) is 4.38. The second kappa shape index (κ2) is 5.34. The SMILES string of the molecule is COC(=O)c1ccc(I)cc1OC(C)C. The minimum atomic E-state index is -0.373. The highest BCUT2D eigenvalue weighted by Gasteiger charge is 2.14. The fourth-order valence-corrected chi connectivity index (χ4v) is 1.59. The Labute approximate surface area is 103 Å². The maximum Gasteiger partial charge on any atom is 0.341 e. The lowest BCUT2D eigenvalue weighted by atomic mass is 10.2. The Morgan fingerprint density at radius 1 is 1.40 bits per heavy atom. The number of rotatable bonds is 3. The molecule has 1 aromatic carbocycles. The quantitative estimate of drug-likeness (QED) is 0.635. The van der Waals surface area contributed by atoms with Crippen LogP contribution in [-0.4, -0.2) is 19.2 Å². The topological polar surface area (TPSA) is 35.5 Å². The first kappa shape index (κ1) is 12.3. The fraction of sp³-hybridized carbons (Fsp3) is 0.364. The van der Waals surface area contributed by atoms with Crippen molar-refractivity contribution >= 4 is 28.6 Å². The highest BCUT2D eigenvalue weighted by molar-refractivity contribution is 14.1. The third-order valence-corrected chi connectivity index (χ3v) is 2.38. The van der Waals surface area contributed by atoms with Gasteiger partial charge in [0.25, 0.3) is 0 Å². The molecule has 82 valence electrons. The molecule has 0 N–H and O–H groups in total. The summed E-state index contributed by atoms with van der Waals surface area (Å²) in [5.41, 5.74) is 0.464. The molecule has 0 saturated heterocycles. The van der Waals surface area contributed by atoms with E-state index in [-0.39, 0.29) is 12.1 Å². The Hall–Kier alpha value is -0.780. The van der Waals surface area contributed by atoms with Gasteiger partial charge in [0, 0.05) is 3.57 Å². The van der Waals surface area contributed by atoms with Crippen molar-refractivity contribution < 1.29 is 14.3 Å². The van der Waals surface area contributed by atoms with Crippen molar-refractivity contribution in [1.29, 1.82) is 0 Å². The van der Waals surface area contributed by atoms with Gasteiger partial charge in [0.15, 0.2) is 0 Å². The number of hydrogen-bond donors (Lipinski definition) is 0. The highest BCUT2D eigenvalue weighted by atomic mass is 127. The van der Waals surface area contributed by atoms with E-state index in [0.717, 1.165) is 3.57 Å². The first-order chi connectivity index (χ1) is 7.04. The van der Waals surface area contributed by atoms with E-state index in [0.29, 0.717) is 11.3 Å². The average molecular weight is 320 g/mol. The number of carbonyl (C=O) groups is 1. The fourth-order valence-electron chi connectivity index (χ4n) is 1.13. The Morgan fingerprint density at radius 2 is 2.07 bits per heavy atom. The Morgan fingerprint density at radius 3 is 2.60 bits per heavy atom. The summed E-state index contributed by atoms with van der Waals surface area (Å²) >= 11 is 2.17. The van der Waals surface area contributed by atoms with Crippen LogP contribution in [-0.2, 0) is 4.74 Å². The van der Waals surface area contributed by atoms with E-state index in [2.05, 4.69) is 27.3 Å².